The maximum atomic E-state index is 5.74. The van der Waals surface area contributed by atoms with Gasteiger partial charge in [0.05, 0.1) is 19.3 Å². The number of guanidine groups is 1. The fourth-order valence-corrected chi connectivity index (χ4v) is 2.73. The van der Waals surface area contributed by atoms with Crippen LogP contribution in [-0.4, -0.2) is 56.8 Å². The van der Waals surface area contributed by atoms with E-state index in [-0.39, 0.29) is 30.1 Å². The van der Waals surface area contributed by atoms with E-state index in [1.54, 1.807) is 11.3 Å². The van der Waals surface area contributed by atoms with Crippen molar-refractivity contribution in [2.24, 2.45) is 4.99 Å². The molecule has 1 atom stereocenters. The Morgan fingerprint density at radius 3 is 3.05 bits per heavy atom. The van der Waals surface area contributed by atoms with Crippen molar-refractivity contribution in [3.63, 3.8) is 0 Å². The van der Waals surface area contributed by atoms with Crippen LogP contribution < -0.4 is 10.6 Å². The van der Waals surface area contributed by atoms with Gasteiger partial charge >= 0.3 is 0 Å². The van der Waals surface area contributed by atoms with Crippen LogP contribution in [0.5, 0.6) is 0 Å². The van der Waals surface area contributed by atoms with Crippen LogP contribution >= 0.6 is 35.3 Å². The first-order chi connectivity index (χ1) is 9.78. The van der Waals surface area contributed by atoms with E-state index in [4.69, 9.17) is 4.74 Å². The summed E-state index contributed by atoms with van der Waals surface area (Å²) in [6.45, 7) is 7.25. The molecule has 1 fully saturated rings. The van der Waals surface area contributed by atoms with Crippen LogP contribution in [0.3, 0.4) is 0 Å². The fraction of sp³-hybridized carbons (Fsp3) is 0.643. The molecule has 1 aliphatic rings. The third-order valence-electron chi connectivity index (χ3n) is 3.16. The highest BCUT2D eigenvalue weighted by Gasteiger charge is 2.17. The van der Waals surface area contributed by atoms with Gasteiger partial charge in [0.2, 0.25) is 0 Å². The summed E-state index contributed by atoms with van der Waals surface area (Å²) in [4.78, 5) is 8.17. The minimum Gasteiger partial charge on any atom is -0.374 e. The molecule has 0 radical (unpaired) electrons. The molecular weight excluding hydrogens is 399 g/mol. The molecule has 0 aromatic carbocycles. The number of aliphatic imine (C=N–C) groups is 1. The Hall–Kier alpha value is -0.380. The number of hydrogen-bond acceptors (Lipinski definition) is 4. The lowest BCUT2D eigenvalue weighted by atomic mass is 10.3. The number of rotatable bonds is 5. The van der Waals surface area contributed by atoms with Gasteiger partial charge in [0.1, 0.15) is 0 Å². The van der Waals surface area contributed by atoms with E-state index in [1.165, 1.54) is 4.88 Å². The smallest absolute Gasteiger partial charge is 0.191 e. The summed E-state index contributed by atoms with van der Waals surface area (Å²) in [5, 5.41) is 8.72. The van der Waals surface area contributed by atoms with E-state index in [2.05, 4.69) is 52.0 Å². The van der Waals surface area contributed by atoms with E-state index in [1.807, 2.05) is 0 Å². The van der Waals surface area contributed by atoms with Gasteiger partial charge in [-0.15, -0.1) is 35.3 Å². The molecule has 1 aromatic rings. The van der Waals surface area contributed by atoms with Crippen LogP contribution in [0, 0.1) is 0 Å². The van der Waals surface area contributed by atoms with Crippen molar-refractivity contribution >= 4 is 41.3 Å². The van der Waals surface area contributed by atoms with E-state index in [9.17, 15) is 0 Å². The molecule has 1 saturated heterocycles. The molecule has 0 saturated carbocycles. The minimum atomic E-state index is 0. The molecule has 0 aliphatic carbocycles. The largest absolute Gasteiger partial charge is 0.374 e. The first-order valence-corrected chi connectivity index (χ1v) is 8.00. The van der Waals surface area contributed by atoms with E-state index in [0.29, 0.717) is 0 Å². The molecule has 7 heteroatoms. The van der Waals surface area contributed by atoms with Crippen molar-refractivity contribution in [3.8, 4) is 0 Å². The monoisotopic (exact) mass is 424 g/mol. The van der Waals surface area contributed by atoms with E-state index < -0.39 is 0 Å². The summed E-state index contributed by atoms with van der Waals surface area (Å²) in [7, 11) is 2.13. The topological polar surface area (TPSA) is 48.9 Å². The third kappa shape index (κ3) is 6.94. The number of thiophene rings is 1. The van der Waals surface area contributed by atoms with Crippen LogP contribution in [0.2, 0.25) is 0 Å². The molecule has 0 amide bonds. The summed E-state index contributed by atoms with van der Waals surface area (Å²) >= 11 is 1.74. The lowest BCUT2D eigenvalue weighted by Crippen LogP contribution is -2.48. The molecular formula is C14H25IN4OS. The second-order valence-corrected chi connectivity index (χ2v) is 5.94. The molecule has 1 unspecified atom stereocenters. The summed E-state index contributed by atoms with van der Waals surface area (Å²) in [5.74, 6) is 0.859. The van der Waals surface area contributed by atoms with E-state index >= 15 is 0 Å². The first-order valence-electron chi connectivity index (χ1n) is 7.12. The maximum absolute atomic E-state index is 5.74. The van der Waals surface area contributed by atoms with Crippen molar-refractivity contribution in [1.29, 1.82) is 0 Å². The third-order valence-corrected chi connectivity index (χ3v) is 4.02. The highest BCUT2D eigenvalue weighted by molar-refractivity contribution is 14.0. The van der Waals surface area contributed by atoms with Gasteiger partial charge in [-0.2, -0.15) is 0 Å². The Balaban J connectivity index is 0.00000220. The Bertz CT molecular complexity index is 413. The van der Waals surface area contributed by atoms with Crippen LogP contribution in [0.4, 0.5) is 0 Å². The Kier molecular flexibility index (Phi) is 9.21. The molecule has 2 N–H and O–H groups in total. The number of morpholine rings is 1. The molecule has 120 valence electrons. The zero-order chi connectivity index (χ0) is 14.2. The molecule has 2 rings (SSSR count). The lowest BCUT2D eigenvalue weighted by Gasteiger charge is -2.30. The summed E-state index contributed by atoms with van der Waals surface area (Å²) < 4.78 is 5.74. The van der Waals surface area contributed by atoms with Crippen molar-refractivity contribution in [3.05, 3.63) is 22.4 Å². The van der Waals surface area contributed by atoms with Gasteiger partial charge in [0.25, 0.3) is 0 Å². The molecule has 2 heterocycles. The van der Waals surface area contributed by atoms with Crippen LogP contribution in [0.15, 0.2) is 22.5 Å². The average molecular weight is 424 g/mol. The average Bonchev–Trinajstić information content (AvgIpc) is 2.95. The Morgan fingerprint density at radius 2 is 2.38 bits per heavy atom. The summed E-state index contributed by atoms with van der Waals surface area (Å²) in [5.41, 5.74) is 0. The summed E-state index contributed by atoms with van der Waals surface area (Å²) in [6.07, 6.45) is 0.236. The van der Waals surface area contributed by atoms with Crippen molar-refractivity contribution < 1.29 is 4.74 Å². The first kappa shape index (κ1) is 18.7. The lowest BCUT2D eigenvalue weighted by molar-refractivity contribution is -0.0161. The quantitative estimate of drug-likeness (QED) is 0.430. The number of likely N-dealkylation sites (N-methyl/N-ethyl adjacent to an activating group) is 1. The van der Waals surface area contributed by atoms with Gasteiger partial charge in [0.15, 0.2) is 5.96 Å². The van der Waals surface area contributed by atoms with Gasteiger partial charge in [-0.05, 0) is 25.4 Å². The van der Waals surface area contributed by atoms with Gasteiger partial charge in [0, 0.05) is 31.1 Å². The maximum Gasteiger partial charge on any atom is 0.191 e. The Morgan fingerprint density at radius 1 is 1.52 bits per heavy atom. The highest BCUT2D eigenvalue weighted by atomic mass is 127. The second kappa shape index (κ2) is 10.4. The predicted octanol–water partition coefficient (Wildman–Crippen LogP) is 1.75. The minimum absolute atomic E-state index is 0. The molecule has 0 spiro atoms. The molecule has 1 aliphatic heterocycles. The second-order valence-electron chi connectivity index (χ2n) is 4.91. The normalized spacial score (nSPS) is 19.9. The van der Waals surface area contributed by atoms with Crippen molar-refractivity contribution in [1.82, 2.24) is 15.5 Å². The standard InChI is InChI=1S/C14H24N4OS.HI/c1-3-15-14(17-10-13-5-4-8-20-13)16-9-12-11-18(2)6-7-19-12;/h4-5,8,12H,3,6-7,9-11H2,1-2H3,(H2,15,16,17);1H. The van der Waals surface area contributed by atoms with Crippen LogP contribution in [0.25, 0.3) is 0 Å². The summed E-state index contributed by atoms with van der Waals surface area (Å²) in [6, 6.07) is 4.17. The van der Waals surface area contributed by atoms with Gasteiger partial charge in [-0.25, -0.2) is 4.99 Å². The number of hydrogen-bond donors (Lipinski definition) is 2. The van der Waals surface area contributed by atoms with Crippen molar-refractivity contribution in [2.45, 2.75) is 19.6 Å². The molecule has 21 heavy (non-hydrogen) atoms. The van der Waals surface area contributed by atoms with Gasteiger partial charge in [-0.3, -0.25) is 0 Å². The predicted molar refractivity (Wildman–Crippen MR) is 99.8 cm³/mol. The Labute approximate surface area is 148 Å². The number of ether oxygens (including phenoxy) is 1. The van der Waals surface area contributed by atoms with Crippen LogP contribution in [-0.2, 0) is 11.3 Å². The molecule has 1 aromatic heterocycles. The molecule has 0 bridgehead atoms. The fourth-order valence-electron chi connectivity index (χ4n) is 2.10. The van der Waals surface area contributed by atoms with Crippen molar-refractivity contribution in [2.75, 3.05) is 39.8 Å². The van der Waals surface area contributed by atoms with Gasteiger partial charge < -0.3 is 20.3 Å². The van der Waals surface area contributed by atoms with E-state index in [0.717, 1.165) is 45.3 Å². The SMILES string of the molecule is CCNC(=NCc1cccs1)NCC1CN(C)CCO1.I. The number of halogens is 1. The molecule has 5 nitrogen and oxygen atoms in total. The highest BCUT2D eigenvalue weighted by Crippen LogP contribution is 2.09. The van der Waals surface area contributed by atoms with Gasteiger partial charge in [-0.1, -0.05) is 6.07 Å². The zero-order valence-corrected chi connectivity index (χ0v) is 15.8. The number of nitrogens with one attached hydrogen (secondary N) is 2. The number of nitrogens with zero attached hydrogens (tertiary/aromatic N) is 2. The van der Waals surface area contributed by atoms with Crippen LogP contribution in [0.1, 0.15) is 11.8 Å². The zero-order valence-electron chi connectivity index (χ0n) is 12.7.